The van der Waals surface area contributed by atoms with E-state index in [1.165, 1.54) is 6.07 Å². The van der Waals surface area contributed by atoms with Crippen molar-refractivity contribution >= 4 is 6.29 Å². The predicted octanol–water partition coefficient (Wildman–Crippen LogP) is 1.47. The lowest BCUT2D eigenvalue weighted by Gasteiger charge is -2.26. The molecule has 1 aromatic rings. The summed E-state index contributed by atoms with van der Waals surface area (Å²) < 4.78 is 18.8. The van der Waals surface area contributed by atoms with Gasteiger partial charge in [-0.25, -0.2) is 4.39 Å². The Labute approximate surface area is 93.8 Å². The summed E-state index contributed by atoms with van der Waals surface area (Å²) in [6.45, 7) is 3.64. The van der Waals surface area contributed by atoms with Crippen molar-refractivity contribution < 1.29 is 13.9 Å². The topological polar surface area (TPSA) is 29.5 Å². The van der Waals surface area contributed by atoms with E-state index in [4.69, 9.17) is 4.74 Å². The molecule has 0 atom stereocenters. The first-order valence-corrected chi connectivity index (χ1v) is 5.33. The van der Waals surface area contributed by atoms with Gasteiger partial charge in [-0.2, -0.15) is 0 Å². The third-order valence-electron chi connectivity index (χ3n) is 2.71. The number of benzene rings is 1. The molecule has 0 bridgehead atoms. The monoisotopic (exact) mass is 223 g/mol. The number of aldehydes is 1. The maximum atomic E-state index is 13.6. The number of rotatable bonds is 3. The lowest BCUT2D eigenvalue weighted by atomic mass is 10.1. The zero-order chi connectivity index (χ0) is 11.4. The highest BCUT2D eigenvalue weighted by atomic mass is 19.1. The zero-order valence-electron chi connectivity index (χ0n) is 8.99. The maximum absolute atomic E-state index is 13.6. The lowest BCUT2D eigenvalue weighted by molar-refractivity contribution is 0.0337. The Bertz CT molecular complexity index is 375. The smallest absolute Gasteiger partial charge is 0.150 e. The highest BCUT2D eigenvalue weighted by molar-refractivity contribution is 5.74. The van der Waals surface area contributed by atoms with Crippen molar-refractivity contribution in [2.45, 2.75) is 6.54 Å². The second-order valence-corrected chi connectivity index (χ2v) is 3.86. The number of carbonyl (C=O) groups excluding carboxylic acids is 1. The molecule has 16 heavy (non-hydrogen) atoms. The van der Waals surface area contributed by atoms with Crippen molar-refractivity contribution in [3.05, 3.63) is 35.1 Å². The van der Waals surface area contributed by atoms with Gasteiger partial charge in [0.1, 0.15) is 12.1 Å². The third-order valence-corrected chi connectivity index (χ3v) is 2.71. The Morgan fingerprint density at radius 2 is 2.12 bits per heavy atom. The van der Waals surface area contributed by atoms with Crippen molar-refractivity contribution in [2.24, 2.45) is 0 Å². The second-order valence-electron chi connectivity index (χ2n) is 3.86. The first kappa shape index (κ1) is 11.2. The average Bonchev–Trinajstić information content (AvgIpc) is 2.33. The number of hydrogen-bond donors (Lipinski definition) is 0. The summed E-state index contributed by atoms with van der Waals surface area (Å²) in [5.41, 5.74) is 1.01. The number of hydrogen-bond acceptors (Lipinski definition) is 3. The number of morpholine rings is 1. The van der Waals surface area contributed by atoms with Crippen molar-refractivity contribution in [1.82, 2.24) is 4.90 Å². The molecule has 1 aliphatic heterocycles. The van der Waals surface area contributed by atoms with E-state index in [1.807, 2.05) is 0 Å². The molecule has 2 rings (SSSR count). The van der Waals surface area contributed by atoms with Crippen LogP contribution in [0.2, 0.25) is 0 Å². The highest BCUT2D eigenvalue weighted by Gasteiger charge is 2.12. The van der Waals surface area contributed by atoms with E-state index in [1.54, 1.807) is 12.1 Å². The van der Waals surface area contributed by atoms with Crippen LogP contribution in [0.25, 0.3) is 0 Å². The first-order valence-electron chi connectivity index (χ1n) is 5.33. The lowest BCUT2D eigenvalue weighted by Crippen LogP contribution is -2.35. The molecule has 1 fully saturated rings. The van der Waals surface area contributed by atoms with E-state index in [2.05, 4.69) is 4.90 Å². The molecule has 0 spiro atoms. The zero-order valence-corrected chi connectivity index (χ0v) is 8.99. The molecule has 0 saturated carbocycles. The summed E-state index contributed by atoms with van der Waals surface area (Å²) in [5, 5.41) is 0. The van der Waals surface area contributed by atoms with Crippen molar-refractivity contribution in [1.29, 1.82) is 0 Å². The summed E-state index contributed by atoms with van der Waals surface area (Å²) in [6, 6.07) is 4.60. The fraction of sp³-hybridized carbons (Fsp3) is 0.417. The maximum Gasteiger partial charge on any atom is 0.150 e. The summed E-state index contributed by atoms with van der Waals surface area (Å²) >= 11 is 0. The van der Waals surface area contributed by atoms with Crippen LogP contribution >= 0.6 is 0 Å². The van der Waals surface area contributed by atoms with Crippen LogP contribution in [0.4, 0.5) is 4.39 Å². The molecule has 1 heterocycles. The normalized spacial score (nSPS) is 17.3. The molecule has 1 aromatic carbocycles. The van der Waals surface area contributed by atoms with Gasteiger partial charge < -0.3 is 4.74 Å². The Balaban J connectivity index is 2.05. The summed E-state index contributed by atoms with van der Waals surface area (Å²) in [4.78, 5) is 12.6. The molecule has 0 aromatic heterocycles. The van der Waals surface area contributed by atoms with Crippen molar-refractivity contribution in [2.75, 3.05) is 26.3 Å². The van der Waals surface area contributed by atoms with Crippen molar-refractivity contribution in [3.8, 4) is 0 Å². The average molecular weight is 223 g/mol. The second kappa shape index (κ2) is 5.18. The minimum Gasteiger partial charge on any atom is -0.379 e. The van der Waals surface area contributed by atoms with Gasteiger partial charge in [0, 0.05) is 30.8 Å². The molecule has 0 radical (unpaired) electrons. The number of halogens is 1. The molecule has 0 unspecified atom stereocenters. The van der Waals surface area contributed by atoms with E-state index in [9.17, 15) is 9.18 Å². The minimum atomic E-state index is -0.309. The fourth-order valence-electron chi connectivity index (χ4n) is 1.77. The van der Waals surface area contributed by atoms with Gasteiger partial charge in [0.2, 0.25) is 0 Å². The third kappa shape index (κ3) is 2.65. The standard InChI is InChI=1S/C12H14FNO2/c13-12-7-10(9-15)1-2-11(12)8-14-3-5-16-6-4-14/h1-2,7,9H,3-6,8H2. The van der Waals surface area contributed by atoms with E-state index in [0.717, 1.165) is 13.1 Å². The van der Waals surface area contributed by atoms with E-state index in [-0.39, 0.29) is 5.82 Å². The Morgan fingerprint density at radius 1 is 1.38 bits per heavy atom. The Hall–Kier alpha value is -1.26. The molecule has 86 valence electrons. The molecule has 3 nitrogen and oxygen atoms in total. The molecule has 4 heteroatoms. The van der Waals surface area contributed by atoms with Crippen LogP contribution in [0.15, 0.2) is 18.2 Å². The Kier molecular flexibility index (Phi) is 3.64. The van der Waals surface area contributed by atoms with E-state index >= 15 is 0 Å². The summed E-state index contributed by atoms with van der Waals surface area (Å²) in [5.74, 6) is -0.309. The SMILES string of the molecule is O=Cc1ccc(CN2CCOCC2)c(F)c1. The van der Waals surface area contributed by atoms with Crippen LogP contribution in [-0.4, -0.2) is 37.5 Å². The van der Waals surface area contributed by atoms with Crippen LogP contribution in [0.5, 0.6) is 0 Å². The fourth-order valence-corrected chi connectivity index (χ4v) is 1.77. The molecule has 1 aliphatic rings. The molecule has 1 saturated heterocycles. The van der Waals surface area contributed by atoms with Gasteiger partial charge >= 0.3 is 0 Å². The Morgan fingerprint density at radius 3 is 2.75 bits per heavy atom. The first-order chi connectivity index (χ1) is 7.79. The van der Waals surface area contributed by atoms with Gasteiger partial charge in [0.05, 0.1) is 13.2 Å². The van der Waals surface area contributed by atoms with Gasteiger partial charge in [-0.15, -0.1) is 0 Å². The van der Waals surface area contributed by atoms with Gasteiger partial charge in [-0.3, -0.25) is 9.69 Å². The van der Waals surface area contributed by atoms with Crippen LogP contribution in [0.1, 0.15) is 15.9 Å². The van der Waals surface area contributed by atoms with Crippen LogP contribution in [-0.2, 0) is 11.3 Å². The molecular weight excluding hydrogens is 209 g/mol. The number of ether oxygens (including phenoxy) is 1. The van der Waals surface area contributed by atoms with Crippen molar-refractivity contribution in [3.63, 3.8) is 0 Å². The molecule has 0 N–H and O–H groups in total. The van der Waals surface area contributed by atoms with Crippen LogP contribution < -0.4 is 0 Å². The minimum absolute atomic E-state index is 0.309. The molecule has 0 aliphatic carbocycles. The number of carbonyl (C=O) groups is 1. The highest BCUT2D eigenvalue weighted by Crippen LogP contribution is 2.13. The van der Waals surface area contributed by atoms with Gasteiger partial charge in [0.25, 0.3) is 0 Å². The quantitative estimate of drug-likeness (QED) is 0.727. The predicted molar refractivity (Wildman–Crippen MR) is 57.9 cm³/mol. The largest absolute Gasteiger partial charge is 0.379 e. The van der Waals surface area contributed by atoms with Gasteiger partial charge in [-0.05, 0) is 6.07 Å². The number of nitrogens with zero attached hydrogens (tertiary/aromatic N) is 1. The van der Waals surface area contributed by atoms with Gasteiger partial charge in [0.15, 0.2) is 0 Å². The van der Waals surface area contributed by atoms with Crippen LogP contribution in [0.3, 0.4) is 0 Å². The van der Waals surface area contributed by atoms with E-state index in [0.29, 0.717) is 37.2 Å². The summed E-state index contributed by atoms with van der Waals surface area (Å²) in [7, 11) is 0. The molecular formula is C12H14FNO2. The van der Waals surface area contributed by atoms with Gasteiger partial charge in [-0.1, -0.05) is 12.1 Å². The van der Waals surface area contributed by atoms with E-state index < -0.39 is 0 Å². The van der Waals surface area contributed by atoms with Crippen LogP contribution in [0, 0.1) is 5.82 Å². The summed E-state index contributed by atoms with van der Waals surface area (Å²) in [6.07, 6.45) is 0.654. The molecule has 0 amide bonds.